The van der Waals surface area contributed by atoms with Crippen LogP contribution in [0.4, 0.5) is 0 Å². The first-order chi connectivity index (χ1) is 12.2. The molecule has 25 heavy (non-hydrogen) atoms. The van der Waals surface area contributed by atoms with Crippen molar-refractivity contribution in [2.24, 2.45) is 0 Å². The fourth-order valence-electron chi connectivity index (χ4n) is 3.48. The van der Waals surface area contributed by atoms with E-state index in [1.807, 2.05) is 0 Å². The van der Waals surface area contributed by atoms with E-state index in [0.717, 1.165) is 12.8 Å². The number of carbonyl (C=O) groups excluding carboxylic acids is 1. The summed E-state index contributed by atoms with van der Waals surface area (Å²) < 4.78 is 4.69. The van der Waals surface area contributed by atoms with Crippen LogP contribution < -0.4 is 0 Å². The van der Waals surface area contributed by atoms with Gasteiger partial charge in [-0.25, -0.2) is 0 Å². The molecule has 2 aromatic carbocycles. The van der Waals surface area contributed by atoms with Crippen molar-refractivity contribution in [3.05, 3.63) is 71.8 Å². The molecule has 0 saturated heterocycles. The highest BCUT2D eigenvalue weighted by atomic mass is 16.5. The molecule has 0 bridgehead atoms. The Morgan fingerprint density at radius 2 is 1.40 bits per heavy atom. The number of carbonyl (C=O) groups is 1. The van der Waals surface area contributed by atoms with Crippen LogP contribution in [0.3, 0.4) is 0 Å². The monoisotopic (exact) mass is 338 g/mol. The molecule has 0 radical (unpaired) electrons. The maximum atomic E-state index is 11.2. The topological polar surface area (TPSA) is 26.3 Å². The van der Waals surface area contributed by atoms with Crippen molar-refractivity contribution in [1.29, 1.82) is 0 Å². The van der Waals surface area contributed by atoms with E-state index in [-0.39, 0.29) is 5.97 Å². The molecule has 0 heterocycles. The normalized spacial score (nSPS) is 13.2. The van der Waals surface area contributed by atoms with Gasteiger partial charge in [0.15, 0.2) is 0 Å². The zero-order valence-electron chi connectivity index (χ0n) is 15.5. The zero-order chi connectivity index (χ0) is 17.9. The van der Waals surface area contributed by atoms with Crippen LogP contribution in [0.25, 0.3) is 0 Å². The van der Waals surface area contributed by atoms with Crippen LogP contribution in [0.2, 0.25) is 0 Å². The van der Waals surface area contributed by atoms with Crippen LogP contribution >= 0.6 is 0 Å². The van der Waals surface area contributed by atoms with Gasteiger partial charge < -0.3 is 4.74 Å². The fraction of sp³-hybridized carbons (Fsp3) is 0.435. The third kappa shape index (κ3) is 6.38. The molecule has 2 heteroatoms. The molecule has 2 unspecified atom stereocenters. The summed E-state index contributed by atoms with van der Waals surface area (Å²) in [5, 5.41) is 0. The molecular formula is C23H30O2. The summed E-state index contributed by atoms with van der Waals surface area (Å²) in [6, 6.07) is 21.7. The highest BCUT2D eigenvalue weighted by molar-refractivity contribution is 5.68. The minimum Gasteiger partial charge on any atom is -0.469 e. The summed E-state index contributed by atoms with van der Waals surface area (Å²) in [5.74, 6) is 0.933. The van der Waals surface area contributed by atoms with Gasteiger partial charge in [0, 0.05) is 6.42 Å². The summed E-state index contributed by atoms with van der Waals surface area (Å²) in [5.41, 5.74) is 2.83. The lowest BCUT2D eigenvalue weighted by molar-refractivity contribution is -0.140. The van der Waals surface area contributed by atoms with E-state index in [4.69, 9.17) is 4.74 Å². The van der Waals surface area contributed by atoms with E-state index in [0.29, 0.717) is 18.3 Å². The number of unbranched alkanes of at least 4 members (excludes halogenated alkanes) is 3. The molecule has 0 saturated carbocycles. The minimum atomic E-state index is -0.0974. The number of hydrogen-bond donors (Lipinski definition) is 0. The van der Waals surface area contributed by atoms with Gasteiger partial charge in [-0.3, -0.25) is 4.79 Å². The Kier molecular flexibility index (Phi) is 8.24. The lowest BCUT2D eigenvalue weighted by Crippen LogP contribution is -2.09. The fourth-order valence-corrected chi connectivity index (χ4v) is 3.48. The summed E-state index contributed by atoms with van der Waals surface area (Å²) in [6.07, 6.45) is 6.10. The Hall–Kier alpha value is -2.09. The van der Waals surface area contributed by atoms with Gasteiger partial charge in [-0.2, -0.15) is 0 Å². The van der Waals surface area contributed by atoms with Crippen LogP contribution in [-0.4, -0.2) is 13.1 Å². The molecule has 0 amide bonds. The van der Waals surface area contributed by atoms with E-state index in [9.17, 15) is 4.79 Å². The van der Waals surface area contributed by atoms with Gasteiger partial charge in [-0.05, 0) is 35.8 Å². The van der Waals surface area contributed by atoms with Crippen molar-refractivity contribution in [2.75, 3.05) is 7.11 Å². The predicted molar refractivity (Wildman–Crippen MR) is 104 cm³/mol. The van der Waals surface area contributed by atoms with E-state index in [2.05, 4.69) is 67.6 Å². The molecule has 0 fully saturated rings. The van der Waals surface area contributed by atoms with Gasteiger partial charge in [0.25, 0.3) is 0 Å². The van der Waals surface area contributed by atoms with Crippen molar-refractivity contribution >= 4 is 5.97 Å². The van der Waals surface area contributed by atoms with Gasteiger partial charge in [0.1, 0.15) is 0 Å². The van der Waals surface area contributed by atoms with Crippen molar-refractivity contribution in [3.8, 4) is 0 Å². The smallest absolute Gasteiger partial charge is 0.305 e. The summed E-state index contributed by atoms with van der Waals surface area (Å²) >= 11 is 0. The molecule has 0 N–H and O–H groups in total. The SMILES string of the molecule is COC(=O)CCCCCCC(c1ccccc1)C(C)c1ccccc1. The minimum absolute atomic E-state index is 0.0974. The Morgan fingerprint density at radius 1 is 0.840 bits per heavy atom. The maximum Gasteiger partial charge on any atom is 0.305 e. The molecule has 0 spiro atoms. The highest BCUT2D eigenvalue weighted by Gasteiger charge is 2.20. The molecule has 0 aliphatic rings. The molecule has 2 nitrogen and oxygen atoms in total. The van der Waals surface area contributed by atoms with Crippen LogP contribution in [0, 0.1) is 0 Å². The third-order valence-corrected chi connectivity index (χ3v) is 5.03. The average Bonchev–Trinajstić information content (AvgIpc) is 2.68. The van der Waals surface area contributed by atoms with Crippen LogP contribution in [-0.2, 0) is 9.53 Å². The van der Waals surface area contributed by atoms with Crippen LogP contribution in [0.15, 0.2) is 60.7 Å². The van der Waals surface area contributed by atoms with Crippen molar-refractivity contribution < 1.29 is 9.53 Å². The number of methoxy groups -OCH3 is 1. The molecule has 2 atom stereocenters. The first-order valence-electron chi connectivity index (χ1n) is 9.39. The van der Waals surface area contributed by atoms with Crippen molar-refractivity contribution in [1.82, 2.24) is 0 Å². The Morgan fingerprint density at radius 3 is 2.00 bits per heavy atom. The van der Waals surface area contributed by atoms with Gasteiger partial charge >= 0.3 is 5.97 Å². The Labute approximate surface area is 152 Å². The second-order valence-corrected chi connectivity index (χ2v) is 6.75. The molecule has 0 aromatic heterocycles. The predicted octanol–water partition coefficient (Wildman–Crippen LogP) is 6.09. The summed E-state index contributed by atoms with van der Waals surface area (Å²) in [4.78, 5) is 11.2. The van der Waals surface area contributed by atoms with E-state index in [1.165, 1.54) is 37.5 Å². The molecule has 134 valence electrons. The van der Waals surface area contributed by atoms with Crippen LogP contribution in [0.5, 0.6) is 0 Å². The number of ether oxygens (including phenoxy) is 1. The van der Waals surface area contributed by atoms with Gasteiger partial charge in [-0.15, -0.1) is 0 Å². The summed E-state index contributed by atoms with van der Waals surface area (Å²) in [6.45, 7) is 2.34. The van der Waals surface area contributed by atoms with E-state index < -0.39 is 0 Å². The van der Waals surface area contributed by atoms with Gasteiger partial charge in [0.2, 0.25) is 0 Å². The van der Waals surface area contributed by atoms with Crippen molar-refractivity contribution in [3.63, 3.8) is 0 Å². The largest absolute Gasteiger partial charge is 0.469 e. The lowest BCUT2D eigenvalue weighted by atomic mass is 9.79. The standard InChI is InChI=1S/C23H30O2/c1-19(20-13-7-5-8-14-20)22(21-15-9-6-10-16-21)17-11-3-4-12-18-23(24)25-2/h5-10,13-16,19,22H,3-4,11-12,17-18H2,1-2H3. The molecule has 2 rings (SSSR count). The quantitative estimate of drug-likeness (QED) is 0.387. The lowest BCUT2D eigenvalue weighted by Gasteiger charge is -2.25. The number of rotatable bonds is 10. The molecule has 2 aromatic rings. The molecule has 0 aliphatic carbocycles. The molecule has 0 aliphatic heterocycles. The first-order valence-corrected chi connectivity index (χ1v) is 9.39. The number of benzene rings is 2. The van der Waals surface area contributed by atoms with E-state index in [1.54, 1.807) is 0 Å². The van der Waals surface area contributed by atoms with Gasteiger partial charge in [0.05, 0.1) is 7.11 Å². The average molecular weight is 338 g/mol. The van der Waals surface area contributed by atoms with Gasteiger partial charge in [-0.1, -0.05) is 86.8 Å². The number of esters is 1. The Bertz CT molecular complexity index is 607. The second-order valence-electron chi connectivity index (χ2n) is 6.75. The van der Waals surface area contributed by atoms with Crippen LogP contribution in [0.1, 0.15) is 68.4 Å². The second kappa shape index (κ2) is 10.7. The highest BCUT2D eigenvalue weighted by Crippen LogP contribution is 2.36. The maximum absolute atomic E-state index is 11.2. The van der Waals surface area contributed by atoms with Crippen molar-refractivity contribution in [2.45, 2.75) is 57.3 Å². The number of hydrogen-bond acceptors (Lipinski definition) is 2. The first kappa shape index (κ1) is 19.2. The Balaban J connectivity index is 1.91. The molecular weight excluding hydrogens is 308 g/mol. The zero-order valence-corrected chi connectivity index (χ0v) is 15.5. The van der Waals surface area contributed by atoms with E-state index >= 15 is 0 Å². The third-order valence-electron chi connectivity index (χ3n) is 5.03. The summed E-state index contributed by atoms with van der Waals surface area (Å²) in [7, 11) is 1.46.